The molecule has 2 saturated heterocycles. The van der Waals surface area contributed by atoms with Gasteiger partial charge in [-0.3, -0.25) is 19.2 Å². The van der Waals surface area contributed by atoms with E-state index in [-0.39, 0.29) is 26.9 Å². The highest BCUT2D eigenvalue weighted by molar-refractivity contribution is 6.40. The minimum absolute atomic E-state index is 0.107. The first-order chi connectivity index (χ1) is 16.4. The van der Waals surface area contributed by atoms with Gasteiger partial charge in [0.15, 0.2) is 0 Å². The number of anilines is 1. The van der Waals surface area contributed by atoms with E-state index >= 15 is 0 Å². The molecule has 0 radical (unpaired) electrons. The Bertz CT molecular complexity index is 1380. The smallest absolute Gasteiger partial charge is 0.241 e. The zero-order chi connectivity index (χ0) is 23.8. The fourth-order valence-electron chi connectivity index (χ4n) is 5.36. The second kappa shape index (κ2) is 7.34. The number of rotatable bonds is 2. The molecule has 0 bridgehead atoms. The van der Waals surface area contributed by atoms with Crippen LogP contribution in [0.5, 0.6) is 0 Å². The van der Waals surface area contributed by atoms with Crippen LogP contribution < -0.4 is 4.90 Å². The molecule has 0 saturated carbocycles. The van der Waals surface area contributed by atoms with E-state index < -0.39 is 46.9 Å². The predicted octanol–water partition coefficient (Wildman–Crippen LogP) is 4.69. The van der Waals surface area contributed by atoms with Crippen LogP contribution in [-0.4, -0.2) is 29.0 Å². The monoisotopic (exact) mass is 491 g/mol. The van der Waals surface area contributed by atoms with Crippen molar-refractivity contribution in [3.8, 4) is 0 Å². The van der Waals surface area contributed by atoms with E-state index in [4.69, 9.17) is 27.9 Å². The number of Topliss-reactive ketones (excluding diaryl/α,β-unsaturated/α-hetero) is 2. The number of hydrogen-bond acceptors (Lipinski definition) is 5. The molecule has 6 rings (SSSR count). The molecule has 2 heterocycles. The van der Waals surface area contributed by atoms with Gasteiger partial charge >= 0.3 is 0 Å². The van der Waals surface area contributed by atoms with E-state index in [0.717, 1.165) is 4.90 Å². The average molecular weight is 492 g/mol. The van der Waals surface area contributed by atoms with Crippen molar-refractivity contribution in [3.63, 3.8) is 0 Å². The fraction of sp³-hybridized carbons (Fsp3) is 0.154. The molecule has 2 aliphatic heterocycles. The lowest BCUT2D eigenvalue weighted by Crippen LogP contribution is -2.51. The lowest BCUT2D eigenvalue weighted by Gasteiger charge is -2.27. The van der Waals surface area contributed by atoms with Gasteiger partial charge in [0.05, 0.1) is 28.6 Å². The van der Waals surface area contributed by atoms with Gasteiger partial charge in [-0.05, 0) is 23.8 Å². The Balaban J connectivity index is 1.57. The molecule has 0 unspecified atom stereocenters. The molecule has 3 aromatic rings. The SMILES string of the molecule is O=C1[C@H]2[C@@H](C(=O)N1c1cc(Cl)ccc1Cl)C1(O[C@H]2c2ccccc2)C(=O)c2ccccc2C1=O. The first-order valence-electron chi connectivity index (χ1n) is 10.6. The standard InChI is InChI=1S/C26H15Cl2NO5/c27-14-10-11-17(28)18(12-14)29-24(32)19-20(25(29)33)26(34-21(19)13-6-2-1-3-7-13)22(30)15-8-4-5-9-16(15)23(26)31/h1-12,19-21H/t19-,20-,21-/m0/s1. The van der Waals surface area contributed by atoms with Crippen LogP contribution in [0.25, 0.3) is 0 Å². The van der Waals surface area contributed by atoms with E-state index in [0.29, 0.717) is 5.56 Å². The maximum Gasteiger partial charge on any atom is 0.241 e. The van der Waals surface area contributed by atoms with Crippen LogP contribution in [0.3, 0.4) is 0 Å². The number of ketones is 2. The molecule has 1 spiro atoms. The Morgan fingerprint density at radius 2 is 1.38 bits per heavy atom. The van der Waals surface area contributed by atoms with Gasteiger partial charge in [-0.2, -0.15) is 0 Å². The zero-order valence-corrected chi connectivity index (χ0v) is 18.9. The summed E-state index contributed by atoms with van der Waals surface area (Å²) in [7, 11) is 0. The minimum Gasteiger partial charge on any atom is -0.349 e. The summed E-state index contributed by atoms with van der Waals surface area (Å²) in [6.07, 6.45) is -0.979. The lowest BCUT2D eigenvalue weighted by molar-refractivity contribution is -0.127. The van der Waals surface area contributed by atoms with E-state index in [9.17, 15) is 19.2 Å². The highest BCUT2D eigenvalue weighted by Crippen LogP contribution is 2.58. The molecule has 3 aliphatic rings. The summed E-state index contributed by atoms with van der Waals surface area (Å²) in [6.45, 7) is 0. The molecular weight excluding hydrogens is 477 g/mol. The molecular formula is C26H15Cl2NO5. The topological polar surface area (TPSA) is 80.8 Å². The van der Waals surface area contributed by atoms with Gasteiger partial charge in [0.2, 0.25) is 29.0 Å². The Kier molecular flexibility index (Phi) is 4.58. The van der Waals surface area contributed by atoms with E-state index in [1.54, 1.807) is 42.5 Å². The van der Waals surface area contributed by atoms with Crippen LogP contribution >= 0.6 is 23.2 Å². The van der Waals surface area contributed by atoms with Gasteiger partial charge < -0.3 is 4.74 Å². The number of nitrogens with zero attached hydrogens (tertiary/aromatic N) is 1. The van der Waals surface area contributed by atoms with Crippen molar-refractivity contribution in [2.24, 2.45) is 11.8 Å². The number of carbonyl (C=O) groups is 4. The molecule has 3 aromatic carbocycles. The minimum atomic E-state index is -2.12. The number of imide groups is 1. The molecule has 3 atom stereocenters. The molecule has 1 aliphatic carbocycles. The van der Waals surface area contributed by atoms with Gasteiger partial charge in [-0.25, -0.2) is 4.90 Å². The molecule has 168 valence electrons. The first-order valence-corrected chi connectivity index (χ1v) is 11.4. The molecule has 0 N–H and O–H groups in total. The largest absolute Gasteiger partial charge is 0.349 e. The Hall–Kier alpha value is -3.32. The van der Waals surface area contributed by atoms with Gasteiger partial charge in [-0.15, -0.1) is 0 Å². The number of halogens is 2. The van der Waals surface area contributed by atoms with Crippen LogP contribution in [0, 0.1) is 11.8 Å². The second-order valence-electron chi connectivity index (χ2n) is 8.50. The number of carbonyl (C=O) groups excluding carboxylic acids is 4. The quantitative estimate of drug-likeness (QED) is 0.383. The van der Waals surface area contributed by atoms with Crippen LogP contribution in [0.4, 0.5) is 5.69 Å². The van der Waals surface area contributed by atoms with Crippen LogP contribution in [0.2, 0.25) is 10.0 Å². The maximum atomic E-state index is 13.9. The number of benzene rings is 3. The number of amides is 2. The summed E-state index contributed by atoms with van der Waals surface area (Å²) in [5.74, 6) is -4.96. The summed E-state index contributed by atoms with van der Waals surface area (Å²) >= 11 is 12.5. The summed E-state index contributed by atoms with van der Waals surface area (Å²) in [5.41, 5.74) is -1.07. The molecule has 0 aromatic heterocycles. The predicted molar refractivity (Wildman–Crippen MR) is 124 cm³/mol. The number of ether oxygens (including phenoxy) is 1. The van der Waals surface area contributed by atoms with E-state index in [1.807, 2.05) is 0 Å². The summed E-state index contributed by atoms with van der Waals surface area (Å²) in [4.78, 5) is 56.0. The number of fused-ring (bicyclic) bond motifs is 3. The van der Waals surface area contributed by atoms with Crippen molar-refractivity contribution in [1.29, 1.82) is 0 Å². The Morgan fingerprint density at radius 3 is 2.03 bits per heavy atom. The second-order valence-corrected chi connectivity index (χ2v) is 9.34. The third-order valence-electron chi connectivity index (χ3n) is 6.80. The Labute approximate surface area is 204 Å². The highest BCUT2D eigenvalue weighted by Gasteiger charge is 2.74. The zero-order valence-electron chi connectivity index (χ0n) is 17.4. The Morgan fingerprint density at radius 1 is 0.765 bits per heavy atom. The third kappa shape index (κ3) is 2.61. The van der Waals surface area contributed by atoms with Crippen molar-refractivity contribution in [2.45, 2.75) is 11.7 Å². The summed E-state index contributed by atoms with van der Waals surface area (Å²) in [6, 6.07) is 19.6. The summed E-state index contributed by atoms with van der Waals surface area (Å²) < 4.78 is 6.22. The van der Waals surface area contributed by atoms with Crippen molar-refractivity contribution in [3.05, 3.63) is 99.5 Å². The van der Waals surface area contributed by atoms with Crippen molar-refractivity contribution < 1.29 is 23.9 Å². The first kappa shape index (κ1) is 21.2. The highest BCUT2D eigenvalue weighted by atomic mass is 35.5. The van der Waals surface area contributed by atoms with E-state index in [1.165, 1.54) is 30.3 Å². The van der Waals surface area contributed by atoms with Gasteiger partial charge in [0.1, 0.15) is 0 Å². The van der Waals surface area contributed by atoms with E-state index in [2.05, 4.69) is 0 Å². The van der Waals surface area contributed by atoms with Crippen LogP contribution in [-0.2, 0) is 14.3 Å². The molecule has 2 amide bonds. The van der Waals surface area contributed by atoms with Crippen molar-refractivity contribution >= 4 is 52.3 Å². The summed E-state index contributed by atoms with van der Waals surface area (Å²) in [5, 5.41) is 0.424. The fourth-order valence-corrected chi connectivity index (χ4v) is 5.72. The van der Waals surface area contributed by atoms with Gasteiger partial charge in [0.25, 0.3) is 0 Å². The molecule has 6 nitrogen and oxygen atoms in total. The van der Waals surface area contributed by atoms with Gasteiger partial charge in [-0.1, -0.05) is 77.8 Å². The third-order valence-corrected chi connectivity index (χ3v) is 7.35. The number of hydrogen-bond donors (Lipinski definition) is 0. The van der Waals surface area contributed by atoms with Crippen LogP contribution in [0.15, 0.2) is 72.8 Å². The maximum absolute atomic E-state index is 13.9. The lowest BCUT2D eigenvalue weighted by atomic mass is 9.77. The average Bonchev–Trinajstić information content (AvgIpc) is 3.41. The van der Waals surface area contributed by atoms with Crippen molar-refractivity contribution in [2.75, 3.05) is 4.90 Å². The normalized spacial score (nSPS) is 24.8. The molecule has 34 heavy (non-hydrogen) atoms. The molecule has 2 fully saturated rings. The van der Waals surface area contributed by atoms with Crippen LogP contribution in [0.1, 0.15) is 32.4 Å². The van der Waals surface area contributed by atoms with Crippen molar-refractivity contribution in [1.82, 2.24) is 0 Å². The van der Waals surface area contributed by atoms with Gasteiger partial charge in [0, 0.05) is 16.1 Å². The molecule has 8 heteroatoms.